The van der Waals surface area contributed by atoms with E-state index in [0.717, 1.165) is 27.7 Å². The maximum absolute atomic E-state index is 6.26. The Labute approximate surface area is 180 Å². The predicted molar refractivity (Wildman–Crippen MR) is 118 cm³/mol. The van der Waals surface area contributed by atoms with E-state index in [1.54, 1.807) is 17.8 Å². The van der Waals surface area contributed by atoms with E-state index in [0.29, 0.717) is 18.0 Å². The number of pyridine rings is 1. The zero-order valence-corrected chi connectivity index (χ0v) is 18.3. The zero-order valence-electron chi connectivity index (χ0n) is 18.3. The number of methoxy groups -OCH3 is 1. The Balaban J connectivity index is 1.53. The van der Waals surface area contributed by atoms with Crippen molar-refractivity contribution in [1.82, 2.24) is 19.8 Å². The van der Waals surface area contributed by atoms with Crippen LogP contribution < -0.4 is 14.9 Å². The summed E-state index contributed by atoms with van der Waals surface area (Å²) in [6.07, 6.45) is 3.68. The number of nitrogens with zero attached hydrogens (tertiary/aromatic N) is 3. The van der Waals surface area contributed by atoms with Crippen molar-refractivity contribution in [3.8, 4) is 11.5 Å². The normalized spacial score (nSPS) is 17.5. The molecule has 0 saturated carbocycles. The van der Waals surface area contributed by atoms with E-state index >= 15 is 0 Å². The highest BCUT2D eigenvalue weighted by molar-refractivity contribution is 6.62. The lowest BCUT2D eigenvalue weighted by Gasteiger charge is -2.32. The maximum atomic E-state index is 6.26. The second-order valence-corrected chi connectivity index (χ2v) is 8.79. The minimum Gasteiger partial charge on any atom is -0.497 e. The summed E-state index contributed by atoms with van der Waals surface area (Å²) in [4.78, 5) is 0. The molecule has 1 fully saturated rings. The predicted octanol–water partition coefficient (Wildman–Crippen LogP) is 3.10. The summed E-state index contributed by atoms with van der Waals surface area (Å²) in [5.41, 5.74) is 2.54. The summed E-state index contributed by atoms with van der Waals surface area (Å²) in [6, 6.07) is 9.77. The van der Waals surface area contributed by atoms with Crippen LogP contribution in [-0.2, 0) is 15.9 Å². The summed E-state index contributed by atoms with van der Waals surface area (Å²) in [5.74, 6) is 1.50. The van der Waals surface area contributed by atoms with Gasteiger partial charge in [0.15, 0.2) is 5.65 Å². The highest BCUT2D eigenvalue weighted by Crippen LogP contribution is 2.37. The summed E-state index contributed by atoms with van der Waals surface area (Å²) >= 11 is 0. The fourth-order valence-electron chi connectivity index (χ4n) is 3.65. The summed E-state index contributed by atoms with van der Waals surface area (Å²) in [6.45, 7) is 8.55. The molecule has 1 aliphatic heterocycles. The zero-order chi connectivity index (χ0) is 21.8. The molecule has 1 saturated heterocycles. The van der Waals surface area contributed by atoms with Gasteiger partial charge in [0, 0.05) is 11.7 Å². The van der Waals surface area contributed by atoms with Gasteiger partial charge >= 0.3 is 7.12 Å². The summed E-state index contributed by atoms with van der Waals surface area (Å²) in [7, 11) is 1.14. The molecule has 31 heavy (non-hydrogen) atoms. The standard InChI is InChI=1S/C22H25BN4O4/c1-21(2)22(3,4)31-23(30-21)15-10-18(29-13-14-6-8-16(28-5)9-7-14)19-17-11-24-25-20(17)26-27(19)12-15/h6-12H,13H2,1-5H3,(H,25,26). The Bertz CT molecular complexity index is 1230. The monoisotopic (exact) mass is 420 g/mol. The van der Waals surface area contributed by atoms with E-state index in [1.165, 1.54) is 0 Å². The molecule has 0 bridgehead atoms. The lowest BCUT2D eigenvalue weighted by molar-refractivity contribution is 0.00578. The molecule has 1 aromatic carbocycles. The number of nitrogens with one attached hydrogen (secondary N) is 1. The molecule has 0 unspecified atom stereocenters. The first kappa shape index (κ1) is 19.9. The SMILES string of the molecule is COc1ccc(COc2cc(B3OC(C)(C)C(C)(C)O3)cn3nc4[nH]ncc4c23)cc1. The van der Waals surface area contributed by atoms with Crippen LogP contribution in [0.25, 0.3) is 16.6 Å². The number of H-pyrrole nitrogens is 1. The highest BCUT2D eigenvalue weighted by Gasteiger charge is 2.52. The van der Waals surface area contributed by atoms with Crippen molar-refractivity contribution in [2.45, 2.75) is 45.5 Å². The number of aromatic nitrogens is 4. The van der Waals surface area contributed by atoms with Crippen molar-refractivity contribution in [2.24, 2.45) is 0 Å². The Kier molecular flexibility index (Phi) is 4.49. The van der Waals surface area contributed by atoms with Crippen molar-refractivity contribution in [3.63, 3.8) is 0 Å². The van der Waals surface area contributed by atoms with E-state index in [-0.39, 0.29) is 0 Å². The fraction of sp³-hybridized carbons (Fsp3) is 0.364. The molecule has 1 N–H and O–H groups in total. The van der Waals surface area contributed by atoms with E-state index in [1.807, 2.05) is 64.2 Å². The van der Waals surface area contributed by atoms with Crippen LogP contribution in [0.15, 0.2) is 42.7 Å². The van der Waals surface area contributed by atoms with Gasteiger partial charge in [-0.3, -0.25) is 5.10 Å². The number of ether oxygens (including phenoxy) is 2. The molecule has 1 aliphatic rings. The molecular formula is C22H25BN4O4. The van der Waals surface area contributed by atoms with Crippen molar-refractivity contribution in [1.29, 1.82) is 0 Å². The largest absolute Gasteiger partial charge is 0.497 e. The third kappa shape index (κ3) is 3.34. The van der Waals surface area contributed by atoms with Crippen molar-refractivity contribution in [3.05, 3.63) is 48.3 Å². The number of fused-ring (bicyclic) bond motifs is 3. The van der Waals surface area contributed by atoms with Gasteiger partial charge in [0.2, 0.25) is 0 Å². The van der Waals surface area contributed by atoms with Gasteiger partial charge in [0.25, 0.3) is 0 Å². The molecule has 3 aromatic heterocycles. The van der Waals surface area contributed by atoms with Crippen LogP contribution in [0.2, 0.25) is 0 Å². The van der Waals surface area contributed by atoms with E-state index in [2.05, 4.69) is 15.3 Å². The number of hydrogen-bond donors (Lipinski definition) is 1. The summed E-state index contributed by atoms with van der Waals surface area (Å²) < 4.78 is 25.8. The molecule has 160 valence electrons. The lowest BCUT2D eigenvalue weighted by atomic mass is 9.80. The van der Waals surface area contributed by atoms with Crippen LogP contribution in [-0.4, -0.2) is 45.2 Å². The topological polar surface area (TPSA) is 82.9 Å². The van der Waals surface area contributed by atoms with Gasteiger partial charge < -0.3 is 18.8 Å². The number of aromatic amines is 1. The van der Waals surface area contributed by atoms with Crippen LogP contribution in [0.4, 0.5) is 0 Å². The van der Waals surface area contributed by atoms with Gasteiger partial charge in [0.05, 0.1) is 29.9 Å². The summed E-state index contributed by atoms with van der Waals surface area (Å²) in [5, 5.41) is 12.5. The average molecular weight is 420 g/mol. The van der Waals surface area contributed by atoms with Crippen LogP contribution in [0, 0.1) is 0 Å². The third-order valence-electron chi connectivity index (χ3n) is 6.19. The Hall–Kier alpha value is -3.04. The van der Waals surface area contributed by atoms with E-state index in [4.69, 9.17) is 18.8 Å². The molecule has 0 aliphatic carbocycles. The first-order valence-electron chi connectivity index (χ1n) is 10.2. The van der Waals surface area contributed by atoms with Gasteiger partial charge in [-0.1, -0.05) is 12.1 Å². The number of hydrogen-bond acceptors (Lipinski definition) is 6. The van der Waals surface area contributed by atoms with Gasteiger partial charge in [0.1, 0.15) is 23.6 Å². The second-order valence-electron chi connectivity index (χ2n) is 8.79. The van der Waals surface area contributed by atoms with Crippen LogP contribution in [0.5, 0.6) is 11.5 Å². The van der Waals surface area contributed by atoms with Crippen LogP contribution in [0.1, 0.15) is 33.3 Å². The van der Waals surface area contributed by atoms with E-state index in [9.17, 15) is 0 Å². The molecule has 4 aromatic rings. The minimum absolute atomic E-state index is 0.400. The molecule has 0 amide bonds. The molecular weight excluding hydrogens is 395 g/mol. The van der Waals surface area contributed by atoms with Gasteiger partial charge in [-0.05, 0) is 51.5 Å². The molecule has 4 heterocycles. The smallest absolute Gasteiger partial charge is 0.496 e. The van der Waals surface area contributed by atoms with E-state index < -0.39 is 18.3 Å². The number of benzene rings is 1. The first-order valence-corrected chi connectivity index (χ1v) is 10.2. The van der Waals surface area contributed by atoms with Crippen molar-refractivity contribution < 1.29 is 18.8 Å². The van der Waals surface area contributed by atoms with Crippen molar-refractivity contribution >= 4 is 29.1 Å². The van der Waals surface area contributed by atoms with Gasteiger partial charge in [-0.15, -0.1) is 5.10 Å². The molecule has 0 atom stereocenters. The Morgan fingerprint density at radius 3 is 2.48 bits per heavy atom. The Morgan fingerprint density at radius 1 is 1.10 bits per heavy atom. The number of rotatable bonds is 5. The first-order chi connectivity index (χ1) is 14.8. The molecule has 8 nitrogen and oxygen atoms in total. The van der Waals surface area contributed by atoms with Crippen LogP contribution >= 0.6 is 0 Å². The quantitative estimate of drug-likeness (QED) is 0.500. The minimum atomic E-state index is -0.515. The molecule has 0 radical (unpaired) electrons. The molecule has 5 rings (SSSR count). The Morgan fingerprint density at radius 2 is 1.81 bits per heavy atom. The van der Waals surface area contributed by atoms with Gasteiger partial charge in [-0.2, -0.15) is 5.10 Å². The molecule has 9 heteroatoms. The fourth-order valence-corrected chi connectivity index (χ4v) is 3.65. The maximum Gasteiger partial charge on any atom is 0.496 e. The third-order valence-corrected chi connectivity index (χ3v) is 6.19. The second kappa shape index (κ2) is 7.00. The van der Waals surface area contributed by atoms with Crippen LogP contribution in [0.3, 0.4) is 0 Å². The average Bonchev–Trinajstić information content (AvgIpc) is 3.37. The molecule has 0 spiro atoms. The van der Waals surface area contributed by atoms with Crippen molar-refractivity contribution in [2.75, 3.05) is 7.11 Å². The highest BCUT2D eigenvalue weighted by atomic mass is 16.7. The van der Waals surface area contributed by atoms with Gasteiger partial charge in [-0.25, -0.2) is 4.52 Å². The lowest BCUT2D eigenvalue weighted by Crippen LogP contribution is -2.41.